The minimum absolute atomic E-state index is 0.00116. The number of aryl methyl sites for hydroxylation is 5. The summed E-state index contributed by atoms with van der Waals surface area (Å²) in [5, 5.41) is 0. The highest BCUT2D eigenvalue weighted by Crippen LogP contribution is 2.46. The van der Waals surface area contributed by atoms with Gasteiger partial charge in [-0.15, -0.1) is 0 Å². The number of amides is 4. The maximum atomic E-state index is 12.5. The van der Waals surface area contributed by atoms with E-state index in [4.69, 9.17) is 43.9 Å². The summed E-state index contributed by atoms with van der Waals surface area (Å²) in [7, 11) is 22.8. The van der Waals surface area contributed by atoms with E-state index in [0.717, 1.165) is 256 Å². The zero-order valence-electron chi connectivity index (χ0n) is 88.1. The van der Waals surface area contributed by atoms with Gasteiger partial charge in [0.05, 0.1) is 111 Å². The van der Waals surface area contributed by atoms with Gasteiger partial charge in [-0.2, -0.15) is 0 Å². The number of fused-ring (bicyclic) bond motifs is 16. The number of hydrogen-bond acceptors (Lipinski definition) is 24. The molecule has 0 spiro atoms. The molecule has 0 saturated carbocycles. The number of nitrogens with one attached hydrogen (secondary N) is 4. The molecule has 0 bridgehead atoms. The maximum absolute atomic E-state index is 12.5. The van der Waals surface area contributed by atoms with Crippen molar-refractivity contribution >= 4 is 91.0 Å². The minimum atomic E-state index is -0.0174. The molecule has 4 saturated heterocycles. The number of piperazine rings is 4. The van der Waals surface area contributed by atoms with E-state index in [1.165, 1.54) is 56.1 Å². The number of ether oxygens (including phenoxy) is 4. The van der Waals surface area contributed by atoms with Gasteiger partial charge in [-0.1, -0.05) is 48.5 Å². The molecule has 8 aliphatic heterocycles. The molecule has 4 amide bonds. The SMILES string of the molecule is Cc1cc(-c2c[nH]c3ncc(-c4cc(C)c5c(c4)OCC[C@@H]4CN(C)CCN54)nc23)ccc1C(=O)N(C)C.Cc1cc(-c2cnc3[nH]cc(-c4ccc(C(=O)N(C)C)cc4)c3n2)cc2c1N1CCN(C)C[C@@H]1CCO2.Cc1cc(-c2cnc3[nH]cc(-c4ccc(C(=O)N(C)C)cc4)c3n2)cc2c1N1CCN(C)C[C@@H]1COC2.Cc1cc(-c2cnc3[nH]cc(-c4ccc(C(=O)N(C)C)cc4)c3n2)cc2c1N1CCN(C)C[C@H]1COC2. The summed E-state index contributed by atoms with van der Waals surface area (Å²) in [5.41, 5.74) is 37.3. The van der Waals surface area contributed by atoms with Crippen LogP contribution in [-0.4, -0.2) is 336 Å². The first kappa shape index (κ1) is 99.6. The van der Waals surface area contributed by atoms with Crippen LogP contribution in [0.3, 0.4) is 0 Å². The molecule has 16 heterocycles. The van der Waals surface area contributed by atoms with Crippen molar-refractivity contribution in [3.8, 4) is 101 Å². The van der Waals surface area contributed by atoms with E-state index in [2.05, 4.69) is 179 Å². The highest BCUT2D eigenvalue weighted by molar-refractivity contribution is 6.01. The fourth-order valence-electron chi connectivity index (χ4n) is 22.5. The predicted octanol–water partition coefficient (Wildman–Crippen LogP) is 16.6. The Labute approximate surface area is 868 Å². The van der Waals surface area contributed by atoms with E-state index < -0.39 is 0 Å². The molecule has 24 rings (SSSR count). The molecule has 766 valence electrons. The number of anilines is 4. The van der Waals surface area contributed by atoms with Gasteiger partial charge >= 0.3 is 0 Å². The Morgan fingerprint density at radius 1 is 0.315 bits per heavy atom. The molecule has 0 aliphatic carbocycles. The van der Waals surface area contributed by atoms with Crippen molar-refractivity contribution in [3.63, 3.8) is 0 Å². The van der Waals surface area contributed by atoms with E-state index in [-0.39, 0.29) is 23.6 Å². The first-order valence-electron chi connectivity index (χ1n) is 51.4. The normalized spacial score (nSPS) is 17.7. The van der Waals surface area contributed by atoms with Crippen molar-refractivity contribution in [3.05, 3.63) is 250 Å². The van der Waals surface area contributed by atoms with Crippen LogP contribution in [0.1, 0.15) is 93.2 Å². The van der Waals surface area contributed by atoms with Crippen LogP contribution in [-0.2, 0) is 22.7 Å². The van der Waals surface area contributed by atoms with Crippen molar-refractivity contribution in [1.29, 1.82) is 0 Å². The highest BCUT2D eigenvalue weighted by atomic mass is 16.5. The number of carbonyl (C=O) groups is 4. The van der Waals surface area contributed by atoms with Gasteiger partial charge in [-0.25, -0.2) is 39.9 Å². The predicted molar refractivity (Wildman–Crippen MR) is 589 cm³/mol. The number of rotatable bonds is 12. The summed E-state index contributed by atoms with van der Waals surface area (Å²) in [6.45, 7) is 27.2. The van der Waals surface area contributed by atoms with Gasteiger partial charge in [0.15, 0.2) is 22.6 Å². The van der Waals surface area contributed by atoms with Crippen LogP contribution in [0.15, 0.2) is 189 Å². The fraction of sp³-hybridized carbons (Fsp3) is 0.350. The summed E-state index contributed by atoms with van der Waals surface area (Å²) >= 11 is 0. The molecule has 32 heteroatoms. The van der Waals surface area contributed by atoms with E-state index in [9.17, 15) is 19.2 Å². The molecule has 32 nitrogen and oxygen atoms in total. The minimum Gasteiger partial charge on any atom is -0.491 e. The second-order valence-electron chi connectivity index (χ2n) is 41.8. The number of H-pyrrole nitrogens is 4. The smallest absolute Gasteiger partial charge is 0.253 e. The van der Waals surface area contributed by atoms with E-state index in [1.54, 1.807) is 76.0 Å². The van der Waals surface area contributed by atoms with Gasteiger partial charge in [-0.3, -0.25) is 19.2 Å². The Morgan fingerprint density at radius 2 is 0.597 bits per heavy atom. The van der Waals surface area contributed by atoms with Gasteiger partial charge in [0.1, 0.15) is 33.6 Å². The number of benzene rings is 8. The van der Waals surface area contributed by atoms with Crippen LogP contribution in [0.25, 0.3) is 134 Å². The van der Waals surface area contributed by atoms with Crippen LogP contribution in [0, 0.1) is 34.6 Å². The van der Waals surface area contributed by atoms with E-state index in [0.29, 0.717) is 72.8 Å². The van der Waals surface area contributed by atoms with E-state index >= 15 is 0 Å². The number of aromatic nitrogens is 12. The Morgan fingerprint density at radius 3 is 0.913 bits per heavy atom. The number of likely N-dealkylation sites (N-methyl/N-ethyl adjacent to an activating group) is 4. The van der Waals surface area contributed by atoms with Crippen LogP contribution < -0.4 is 29.1 Å². The fourth-order valence-corrected chi connectivity index (χ4v) is 22.5. The van der Waals surface area contributed by atoms with Crippen molar-refractivity contribution in [2.45, 2.75) is 84.8 Å². The topological polar surface area (TPSA) is 310 Å². The van der Waals surface area contributed by atoms with Gasteiger partial charge in [0.2, 0.25) is 0 Å². The van der Waals surface area contributed by atoms with Gasteiger partial charge < -0.3 is 97.7 Å². The lowest BCUT2D eigenvalue weighted by atomic mass is 9.99. The number of nitrogens with zero attached hydrogens (tertiary/aromatic N) is 20. The van der Waals surface area contributed by atoms with Crippen molar-refractivity contribution in [2.24, 2.45) is 0 Å². The van der Waals surface area contributed by atoms with Crippen molar-refractivity contribution in [2.75, 3.05) is 209 Å². The average Bonchev–Trinajstić information content (AvgIpc) is 1.71. The molecule has 4 fully saturated rings. The van der Waals surface area contributed by atoms with Gasteiger partial charge in [0, 0.05) is 274 Å². The Kier molecular flexibility index (Phi) is 27.9. The first-order chi connectivity index (χ1) is 72.0. The second kappa shape index (κ2) is 41.8. The molecule has 8 aliphatic rings. The molecular weight excluding hydrogens is 1870 g/mol. The number of hydrogen-bond donors (Lipinski definition) is 4. The summed E-state index contributed by atoms with van der Waals surface area (Å²) in [5.74, 6) is 1.81. The molecule has 4 N–H and O–H groups in total. The van der Waals surface area contributed by atoms with Gasteiger partial charge in [0.25, 0.3) is 23.6 Å². The second-order valence-corrected chi connectivity index (χ2v) is 41.8. The lowest BCUT2D eigenvalue weighted by Crippen LogP contribution is -2.53. The molecule has 4 atom stereocenters. The Hall–Kier alpha value is -15.3. The maximum Gasteiger partial charge on any atom is 0.253 e. The first-order valence-corrected chi connectivity index (χ1v) is 51.4. The summed E-state index contributed by atoms with van der Waals surface area (Å²) in [4.78, 5) is 127. The summed E-state index contributed by atoms with van der Waals surface area (Å²) in [6.07, 6.45) is 17.1. The zero-order chi connectivity index (χ0) is 104. The molecule has 16 aromatic rings. The van der Waals surface area contributed by atoms with Crippen LogP contribution in [0.4, 0.5) is 22.7 Å². The van der Waals surface area contributed by atoms with Crippen molar-refractivity contribution < 1.29 is 38.1 Å². The number of aromatic amines is 4. The summed E-state index contributed by atoms with van der Waals surface area (Å²) < 4.78 is 24.8. The van der Waals surface area contributed by atoms with Crippen LogP contribution in [0.5, 0.6) is 11.5 Å². The molecule has 0 unspecified atom stereocenters. The average molecular weight is 2000 g/mol. The molecule has 0 radical (unpaired) electrons. The third-order valence-corrected chi connectivity index (χ3v) is 30.2. The largest absolute Gasteiger partial charge is 0.491 e. The van der Waals surface area contributed by atoms with E-state index in [1.807, 2.05) is 147 Å². The molecular formula is C117H130N24O8. The lowest BCUT2D eigenvalue weighted by Gasteiger charge is -2.41. The lowest BCUT2D eigenvalue weighted by molar-refractivity contribution is 0.0820. The third-order valence-electron chi connectivity index (χ3n) is 30.2. The highest BCUT2D eigenvalue weighted by Gasteiger charge is 2.38. The zero-order valence-corrected chi connectivity index (χ0v) is 88.1. The standard InChI is InChI=1S/C30H34N6O2.3C29H32N6O2/c1-18-12-20(6-7-23(18)30(37)34(3)4)24-15-31-29-27(24)33-25(16-32-29)21-13-19(2)28-26(14-21)38-11-8-22-17-35(5)9-10-36(22)28;1-18-13-21(14-25-27(18)35-11-10-34(4)17-22(35)9-12-37-25)24-16-31-28-26(32-24)23(15-30-28)19-5-7-20(8-6-19)29(36)33(2)3;2*1-18-11-21(12-22-16-37-17-23-15-34(4)9-10-35(23)27(18)22)25-14-31-28-26(32-25)24(13-30-28)19-5-7-20(8-6-19)29(36)33(2)3/h6-7,12-16,22H,8-11,17H2,1-5H3,(H,31,32);5-8,13-16,22H,9-12,17H2,1-4H3,(H,30,31);2*5-8,11-14,23H,9-10,15-17H2,1-4H3,(H,30,31)/t2*22-;2*23-/m1010/s1. The third kappa shape index (κ3) is 20.1. The molecule has 149 heavy (non-hydrogen) atoms. The van der Waals surface area contributed by atoms with Crippen molar-refractivity contribution in [1.82, 2.24) is 99.0 Å². The van der Waals surface area contributed by atoms with Crippen LogP contribution >= 0.6 is 0 Å². The Balaban J connectivity index is 0.000000116. The van der Waals surface area contributed by atoms with Crippen LogP contribution in [0.2, 0.25) is 0 Å². The molecule has 8 aromatic heterocycles. The van der Waals surface area contributed by atoms with Gasteiger partial charge in [-0.05, 0) is 204 Å². The summed E-state index contributed by atoms with van der Waals surface area (Å²) in [6, 6.07) is 48.0. The Bertz CT molecular complexity index is 7250. The molecule has 8 aromatic carbocycles. The monoisotopic (exact) mass is 2000 g/mol. The number of carbonyl (C=O) groups excluding carboxylic acids is 4. The quantitative estimate of drug-likeness (QED) is 0.0883.